The van der Waals surface area contributed by atoms with Gasteiger partial charge < -0.3 is 5.73 Å². The highest BCUT2D eigenvalue weighted by Crippen LogP contribution is 2.26. The topological polar surface area (TPSA) is 38.9 Å². The minimum atomic E-state index is -0.543. The molecule has 0 saturated carbocycles. The molecule has 0 aliphatic rings. The molecule has 3 heteroatoms. The zero-order valence-corrected chi connectivity index (χ0v) is 9.78. The van der Waals surface area contributed by atoms with Crippen molar-refractivity contribution in [3.05, 3.63) is 64.9 Å². The average Bonchev–Trinajstić information content (AvgIpc) is 2.31. The fourth-order valence-corrected chi connectivity index (χ4v) is 1.76. The third-order valence-corrected chi connectivity index (χ3v) is 2.96. The molecule has 1 unspecified atom stereocenters. The fourth-order valence-electron chi connectivity index (χ4n) is 1.63. The zero-order chi connectivity index (χ0) is 11.6. The van der Waals surface area contributed by atoms with Crippen molar-refractivity contribution in [2.75, 3.05) is 0 Å². The van der Waals surface area contributed by atoms with Gasteiger partial charge in [0.25, 0.3) is 0 Å². The van der Waals surface area contributed by atoms with Gasteiger partial charge in [0, 0.05) is 17.4 Å². The number of pyridine rings is 1. The van der Waals surface area contributed by atoms with Crippen LogP contribution in [-0.2, 0) is 5.54 Å². The van der Waals surface area contributed by atoms with E-state index >= 15 is 0 Å². The Morgan fingerprint density at radius 3 is 2.38 bits per heavy atom. The van der Waals surface area contributed by atoms with Crippen molar-refractivity contribution in [2.24, 2.45) is 5.73 Å². The first-order valence-corrected chi connectivity index (χ1v) is 5.44. The lowest BCUT2D eigenvalue weighted by molar-refractivity contribution is 0.600. The maximum atomic E-state index is 6.33. The Kier molecular flexibility index (Phi) is 2.95. The van der Waals surface area contributed by atoms with Crippen molar-refractivity contribution in [3.8, 4) is 0 Å². The number of benzene rings is 1. The first kappa shape index (κ1) is 11.1. The summed E-state index contributed by atoms with van der Waals surface area (Å²) < 4.78 is 0. The molecule has 0 aliphatic carbocycles. The minimum Gasteiger partial charge on any atom is -0.318 e. The number of nitrogens with two attached hydrogens (primary N) is 1. The standard InChI is InChI=1S/C13H13ClN2/c1-13(15,11-3-2-8-16-9-11)10-4-6-12(14)7-5-10/h2-9H,15H2,1H3. The number of aromatic nitrogens is 1. The Balaban J connectivity index is 2.43. The monoisotopic (exact) mass is 232 g/mol. The van der Waals surface area contributed by atoms with Crippen molar-refractivity contribution in [1.82, 2.24) is 4.98 Å². The number of hydrogen-bond acceptors (Lipinski definition) is 2. The molecule has 1 aromatic heterocycles. The maximum Gasteiger partial charge on any atom is 0.0652 e. The van der Waals surface area contributed by atoms with Gasteiger partial charge in [-0.3, -0.25) is 4.98 Å². The van der Waals surface area contributed by atoms with E-state index in [1.807, 2.05) is 43.3 Å². The van der Waals surface area contributed by atoms with Crippen molar-refractivity contribution in [3.63, 3.8) is 0 Å². The second-order valence-corrected chi connectivity index (χ2v) is 4.39. The smallest absolute Gasteiger partial charge is 0.0652 e. The number of halogens is 1. The van der Waals surface area contributed by atoms with Crippen LogP contribution in [-0.4, -0.2) is 4.98 Å². The highest BCUT2D eigenvalue weighted by molar-refractivity contribution is 6.30. The molecule has 2 N–H and O–H groups in total. The van der Waals surface area contributed by atoms with Crippen LogP contribution in [0, 0.1) is 0 Å². The average molecular weight is 233 g/mol. The van der Waals surface area contributed by atoms with E-state index in [2.05, 4.69) is 4.98 Å². The molecule has 2 nitrogen and oxygen atoms in total. The highest BCUT2D eigenvalue weighted by atomic mass is 35.5. The lowest BCUT2D eigenvalue weighted by Crippen LogP contribution is -2.34. The van der Waals surface area contributed by atoms with E-state index in [0.717, 1.165) is 11.1 Å². The molecule has 1 atom stereocenters. The van der Waals surface area contributed by atoms with Crippen LogP contribution in [0.5, 0.6) is 0 Å². The summed E-state index contributed by atoms with van der Waals surface area (Å²) in [5.74, 6) is 0. The second-order valence-electron chi connectivity index (χ2n) is 3.95. The molecule has 0 amide bonds. The van der Waals surface area contributed by atoms with Crippen molar-refractivity contribution >= 4 is 11.6 Å². The van der Waals surface area contributed by atoms with E-state index in [9.17, 15) is 0 Å². The van der Waals surface area contributed by atoms with Gasteiger partial charge in [-0.25, -0.2) is 0 Å². The van der Waals surface area contributed by atoms with Crippen LogP contribution in [0.2, 0.25) is 5.02 Å². The first-order chi connectivity index (χ1) is 7.60. The van der Waals surface area contributed by atoms with Crippen LogP contribution in [0.4, 0.5) is 0 Å². The van der Waals surface area contributed by atoms with E-state index in [0.29, 0.717) is 5.02 Å². The molecule has 2 rings (SSSR count). The van der Waals surface area contributed by atoms with E-state index in [4.69, 9.17) is 17.3 Å². The molecular weight excluding hydrogens is 220 g/mol. The number of hydrogen-bond donors (Lipinski definition) is 1. The van der Waals surface area contributed by atoms with Crippen LogP contribution in [0.15, 0.2) is 48.8 Å². The lowest BCUT2D eigenvalue weighted by Gasteiger charge is -2.25. The molecule has 0 fully saturated rings. The molecule has 0 bridgehead atoms. The van der Waals surface area contributed by atoms with E-state index in [1.54, 1.807) is 12.4 Å². The predicted molar refractivity (Wildman–Crippen MR) is 66.3 cm³/mol. The third-order valence-electron chi connectivity index (χ3n) is 2.71. The molecule has 1 heterocycles. The maximum absolute atomic E-state index is 6.33. The van der Waals surface area contributed by atoms with Crippen LogP contribution >= 0.6 is 11.6 Å². The predicted octanol–water partition coefficient (Wildman–Crippen LogP) is 2.96. The van der Waals surface area contributed by atoms with Gasteiger partial charge >= 0.3 is 0 Å². The molecular formula is C13H13ClN2. The van der Waals surface area contributed by atoms with Crippen molar-refractivity contribution in [2.45, 2.75) is 12.5 Å². The Hall–Kier alpha value is -1.38. The Morgan fingerprint density at radius 1 is 1.12 bits per heavy atom. The quantitative estimate of drug-likeness (QED) is 0.865. The summed E-state index contributed by atoms with van der Waals surface area (Å²) in [6, 6.07) is 11.4. The summed E-state index contributed by atoms with van der Waals surface area (Å²) >= 11 is 5.85. The molecule has 2 aromatic rings. The molecule has 0 saturated heterocycles. The summed E-state index contributed by atoms with van der Waals surface area (Å²) in [5, 5.41) is 0.714. The lowest BCUT2D eigenvalue weighted by atomic mass is 9.87. The van der Waals surface area contributed by atoms with Crippen molar-refractivity contribution in [1.29, 1.82) is 0 Å². The molecule has 0 aliphatic heterocycles. The van der Waals surface area contributed by atoms with Gasteiger partial charge in [0.05, 0.1) is 5.54 Å². The molecule has 0 radical (unpaired) electrons. The largest absolute Gasteiger partial charge is 0.318 e. The van der Waals surface area contributed by atoms with Crippen molar-refractivity contribution < 1.29 is 0 Å². The highest BCUT2D eigenvalue weighted by Gasteiger charge is 2.23. The van der Waals surface area contributed by atoms with Crippen LogP contribution in [0.3, 0.4) is 0 Å². The number of rotatable bonds is 2. The van der Waals surface area contributed by atoms with Crippen LogP contribution < -0.4 is 5.73 Å². The Morgan fingerprint density at radius 2 is 1.81 bits per heavy atom. The van der Waals surface area contributed by atoms with Gasteiger partial charge in [0.1, 0.15) is 0 Å². The zero-order valence-electron chi connectivity index (χ0n) is 9.02. The van der Waals surface area contributed by atoms with E-state index in [1.165, 1.54) is 0 Å². The van der Waals surface area contributed by atoms with Crippen LogP contribution in [0.25, 0.3) is 0 Å². The fraction of sp³-hybridized carbons (Fsp3) is 0.154. The van der Waals surface area contributed by atoms with Gasteiger partial charge in [0.15, 0.2) is 0 Å². The number of nitrogens with zero attached hydrogens (tertiary/aromatic N) is 1. The van der Waals surface area contributed by atoms with Gasteiger partial charge in [-0.05, 0) is 36.2 Å². The molecule has 82 valence electrons. The summed E-state index contributed by atoms with van der Waals surface area (Å²) in [7, 11) is 0. The normalized spacial score (nSPS) is 14.4. The molecule has 0 spiro atoms. The summed E-state index contributed by atoms with van der Waals surface area (Å²) in [4.78, 5) is 4.09. The summed E-state index contributed by atoms with van der Waals surface area (Å²) in [6.07, 6.45) is 3.52. The summed E-state index contributed by atoms with van der Waals surface area (Å²) in [6.45, 7) is 1.97. The minimum absolute atomic E-state index is 0.543. The van der Waals surface area contributed by atoms with Gasteiger partial charge in [0.2, 0.25) is 0 Å². The molecule has 16 heavy (non-hydrogen) atoms. The second kappa shape index (κ2) is 4.24. The van der Waals surface area contributed by atoms with E-state index in [-0.39, 0.29) is 0 Å². The SMILES string of the molecule is CC(N)(c1ccc(Cl)cc1)c1cccnc1. The summed E-state index contributed by atoms with van der Waals surface area (Å²) in [5.41, 5.74) is 7.79. The third kappa shape index (κ3) is 2.08. The van der Waals surface area contributed by atoms with Gasteiger partial charge in [-0.2, -0.15) is 0 Å². The van der Waals surface area contributed by atoms with E-state index < -0.39 is 5.54 Å². The van der Waals surface area contributed by atoms with Gasteiger partial charge in [-0.15, -0.1) is 0 Å². The van der Waals surface area contributed by atoms with Crippen LogP contribution in [0.1, 0.15) is 18.1 Å². The Labute approximate surface area is 100 Å². The Bertz CT molecular complexity index is 463. The first-order valence-electron chi connectivity index (χ1n) is 5.06. The van der Waals surface area contributed by atoms with Gasteiger partial charge in [-0.1, -0.05) is 29.8 Å². The molecule has 1 aromatic carbocycles.